The van der Waals surface area contributed by atoms with Crippen molar-refractivity contribution in [3.63, 3.8) is 0 Å². The number of halogens is 1. The van der Waals surface area contributed by atoms with Crippen molar-refractivity contribution in [2.24, 2.45) is 0 Å². The molecule has 5 heteroatoms. The van der Waals surface area contributed by atoms with Crippen LogP contribution < -0.4 is 0 Å². The normalized spacial score (nSPS) is 11.8. The number of benzene rings is 1. The van der Waals surface area contributed by atoms with Gasteiger partial charge in [-0.25, -0.2) is 9.36 Å². The fraction of sp³-hybridized carbons (Fsp3) is 0.357. The molecular weight excluding hydrogens is 266 g/mol. The van der Waals surface area contributed by atoms with Gasteiger partial charge in [0.05, 0.1) is 17.8 Å². The third-order valence-electron chi connectivity index (χ3n) is 2.58. The van der Waals surface area contributed by atoms with E-state index in [1.807, 2.05) is 0 Å². The van der Waals surface area contributed by atoms with Crippen molar-refractivity contribution in [2.45, 2.75) is 33.0 Å². The molecule has 0 bridgehead atoms. The summed E-state index contributed by atoms with van der Waals surface area (Å²) in [6.07, 6.45) is -0.520. The van der Waals surface area contributed by atoms with Crippen LogP contribution in [0.2, 0.25) is 5.02 Å². The van der Waals surface area contributed by atoms with E-state index in [0.717, 1.165) is 5.39 Å². The van der Waals surface area contributed by atoms with Crippen LogP contribution in [0.1, 0.15) is 26.5 Å². The summed E-state index contributed by atoms with van der Waals surface area (Å²) >= 11 is 5.95. The van der Waals surface area contributed by atoms with Crippen molar-refractivity contribution < 1.29 is 14.6 Å². The molecule has 2 rings (SSSR count). The first kappa shape index (κ1) is 13.9. The standard InChI is InChI=1S/C14H16ClNO3/c1-14(2,3)19-13(18)16-11(8-17)6-9-4-5-10(15)7-12(9)16/h4-7,17H,8H2,1-3H3. The summed E-state index contributed by atoms with van der Waals surface area (Å²) in [7, 11) is 0. The molecule has 0 amide bonds. The second-order valence-corrected chi connectivity index (χ2v) is 5.75. The summed E-state index contributed by atoms with van der Waals surface area (Å²) in [5.74, 6) is 0. The average molecular weight is 282 g/mol. The van der Waals surface area contributed by atoms with Gasteiger partial charge in [-0.1, -0.05) is 17.7 Å². The minimum Gasteiger partial charge on any atom is -0.443 e. The maximum Gasteiger partial charge on any atom is 0.419 e. The van der Waals surface area contributed by atoms with E-state index >= 15 is 0 Å². The van der Waals surface area contributed by atoms with Crippen LogP contribution in [0.4, 0.5) is 4.79 Å². The Kier molecular flexibility index (Phi) is 3.56. The first-order valence-electron chi connectivity index (χ1n) is 5.96. The van der Waals surface area contributed by atoms with Crippen LogP contribution in [0, 0.1) is 0 Å². The Morgan fingerprint density at radius 2 is 2.05 bits per heavy atom. The Balaban J connectivity index is 2.56. The Labute approximate surface area is 116 Å². The topological polar surface area (TPSA) is 51.5 Å². The molecule has 0 fully saturated rings. The zero-order valence-corrected chi connectivity index (χ0v) is 11.9. The van der Waals surface area contributed by atoms with E-state index < -0.39 is 11.7 Å². The van der Waals surface area contributed by atoms with Crippen LogP contribution in [-0.2, 0) is 11.3 Å². The maximum absolute atomic E-state index is 12.2. The fourth-order valence-electron chi connectivity index (χ4n) is 1.87. The number of nitrogens with zero attached hydrogens (tertiary/aromatic N) is 1. The highest BCUT2D eigenvalue weighted by atomic mass is 35.5. The molecule has 0 aliphatic heterocycles. The van der Waals surface area contributed by atoms with Gasteiger partial charge in [0.1, 0.15) is 5.60 Å². The number of carbonyl (C=O) groups is 1. The number of aliphatic hydroxyl groups is 1. The second kappa shape index (κ2) is 4.87. The van der Waals surface area contributed by atoms with Gasteiger partial charge in [-0.15, -0.1) is 0 Å². The molecule has 1 heterocycles. The number of aromatic nitrogens is 1. The summed E-state index contributed by atoms with van der Waals surface area (Å²) in [5, 5.41) is 10.7. The first-order chi connectivity index (χ1) is 8.81. The molecule has 0 saturated heterocycles. The summed E-state index contributed by atoms with van der Waals surface area (Å²) in [5.41, 5.74) is 0.510. The van der Waals surface area contributed by atoms with E-state index in [1.54, 1.807) is 45.0 Å². The number of hydrogen-bond acceptors (Lipinski definition) is 3. The zero-order chi connectivity index (χ0) is 14.2. The number of carbonyl (C=O) groups excluding carboxylic acids is 1. The number of rotatable bonds is 1. The molecule has 1 aromatic heterocycles. The van der Waals surface area contributed by atoms with E-state index in [-0.39, 0.29) is 6.61 Å². The van der Waals surface area contributed by atoms with Gasteiger partial charge in [0.2, 0.25) is 0 Å². The molecule has 1 N–H and O–H groups in total. The van der Waals surface area contributed by atoms with Crippen molar-refractivity contribution in [2.75, 3.05) is 0 Å². The van der Waals surface area contributed by atoms with E-state index in [2.05, 4.69) is 0 Å². The van der Waals surface area contributed by atoms with Crippen LogP contribution in [0.5, 0.6) is 0 Å². The SMILES string of the molecule is CC(C)(C)OC(=O)n1c(CO)cc2ccc(Cl)cc21. The highest BCUT2D eigenvalue weighted by Crippen LogP contribution is 2.25. The fourth-order valence-corrected chi connectivity index (χ4v) is 2.04. The first-order valence-corrected chi connectivity index (χ1v) is 6.34. The Hall–Kier alpha value is -1.52. The maximum atomic E-state index is 12.2. The molecule has 0 atom stereocenters. The molecule has 0 unspecified atom stereocenters. The summed E-state index contributed by atoms with van der Waals surface area (Å²) in [6.45, 7) is 5.14. The third-order valence-corrected chi connectivity index (χ3v) is 2.82. The van der Waals surface area contributed by atoms with Crippen molar-refractivity contribution in [1.82, 2.24) is 4.57 Å². The quantitative estimate of drug-likeness (QED) is 0.869. The van der Waals surface area contributed by atoms with Crippen LogP contribution >= 0.6 is 11.6 Å². The number of aliphatic hydroxyl groups excluding tert-OH is 1. The van der Waals surface area contributed by atoms with Gasteiger partial charge < -0.3 is 9.84 Å². The molecule has 0 spiro atoms. The molecule has 0 aliphatic rings. The molecular formula is C14H16ClNO3. The summed E-state index contributed by atoms with van der Waals surface area (Å²) < 4.78 is 6.70. The Bertz CT molecular complexity index is 625. The molecule has 1 aromatic carbocycles. The van der Waals surface area contributed by atoms with E-state index in [1.165, 1.54) is 4.57 Å². The van der Waals surface area contributed by atoms with Crippen molar-refractivity contribution in [3.8, 4) is 0 Å². The lowest BCUT2D eigenvalue weighted by molar-refractivity contribution is 0.0533. The number of fused-ring (bicyclic) bond motifs is 1. The highest BCUT2D eigenvalue weighted by molar-refractivity contribution is 6.31. The highest BCUT2D eigenvalue weighted by Gasteiger charge is 2.21. The zero-order valence-electron chi connectivity index (χ0n) is 11.1. The molecule has 102 valence electrons. The summed E-state index contributed by atoms with van der Waals surface area (Å²) in [6, 6.07) is 6.97. The van der Waals surface area contributed by atoms with Crippen LogP contribution in [0.15, 0.2) is 24.3 Å². The van der Waals surface area contributed by atoms with Gasteiger partial charge >= 0.3 is 6.09 Å². The third kappa shape index (κ3) is 2.91. The molecule has 19 heavy (non-hydrogen) atoms. The predicted molar refractivity (Wildman–Crippen MR) is 74.5 cm³/mol. The molecule has 2 aromatic rings. The van der Waals surface area contributed by atoms with Gasteiger partial charge in [-0.05, 0) is 39.0 Å². The molecule has 0 aliphatic carbocycles. The van der Waals surface area contributed by atoms with Crippen molar-refractivity contribution in [1.29, 1.82) is 0 Å². The number of ether oxygens (including phenoxy) is 1. The minimum absolute atomic E-state index is 0.245. The second-order valence-electron chi connectivity index (χ2n) is 5.31. The lowest BCUT2D eigenvalue weighted by Crippen LogP contribution is -2.28. The van der Waals surface area contributed by atoms with Crippen LogP contribution in [-0.4, -0.2) is 21.4 Å². The Morgan fingerprint density at radius 1 is 1.37 bits per heavy atom. The average Bonchev–Trinajstić information content (AvgIpc) is 2.64. The molecule has 4 nitrogen and oxygen atoms in total. The van der Waals surface area contributed by atoms with E-state index in [4.69, 9.17) is 16.3 Å². The molecule has 0 saturated carbocycles. The Morgan fingerprint density at radius 3 is 2.63 bits per heavy atom. The smallest absolute Gasteiger partial charge is 0.419 e. The largest absolute Gasteiger partial charge is 0.443 e. The van der Waals surface area contributed by atoms with Crippen molar-refractivity contribution in [3.05, 3.63) is 35.0 Å². The van der Waals surface area contributed by atoms with Crippen LogP contribution in [0.3, 0.4) is 0 Å². The lowest BCUT2D eigenvalue weighted by Gasteiger charge is -2.20. The molecule has 0 radical (unpaired) electrons. The van der Waals surface area contributed by atoms with E-state index in [9.17, 15) is 9.90 Å². The lowest BCUT2D eigenvalue weighted by atomic mass is 10.2. The van der Waals surface area contributed by atoms with Crippen molar-refractivity contribution >= 4 is 28.6 Å². The number of hydrogen-bond donors (Lipinski definition) is 1. The monoisotopic (exact) mass is 281 g/mol. The van der Waals surface area contributed by atoms with Gasteiger partial charge in [0, 0.05) is 10.4 Å². The van der Waals surface area contributed by atoms with Gasteiger partial charge in [-0.2, -0.15) is 0 Å². The van der Waals surface area contributed by atoms with E-state index in [0.29, 0.717) is 16.2 Å². The van der Waals surface area contributed by atoms with Gasteiger partial charge in [-0.3, -0.25) is 0 Å². The van der Waals surface area contributed by atoms with Gasteiger partial charge in [0.25, 0.3) is 0 Å². The van der Waals surface area contributed by atoms with Gasteiger partial charge in [0.15, 0.2) is 0 Å². The van der Waals surface area contributed by atoms with Crippen LogP contribution in [0.25, 0.3) is 10.9 Å². The predicted octanol–water partition coefficient (Wildman–Crippen LogP) is 3.57. The summed E-state index contributed by atoms with van der Waals surface area (Å²) in [4.78, 5) is 12.2. The minimum atomic E-state index is -0.598.